The Morgan fingerprint density at radius 3 is 2.53 bits per heavy atom. The molecule has 1 aliphatic rings. The molecule has 0 aliphatic heterocycles. The lowest BCUT2D eigenvalue weighted by atomic mass is 10.1. The number of carbonyl (C=O) groups excluding carboxylic acids is 1. The van der Waals surface area contributed by atoms with Gasteiger partial charge < -0.3 is 16.0 Å². The summed E-state index contributed by atoms with van der Waals surface area (Å²) >= 11 is 0. The molecule has 0 spiro atoms. The van der Waals surface area contributed by atoms with Crippen LogP contribution in [0.1, 0.15) is 50.2 Å². The van der Waals surface area contributed by atoms with Crippen molar-refractivity contribution in [3.8, 4) is 0 Å². The summed E-state index contributed by atoms with van der Waals surface area (Å²) in [4.78, 5) is 16.4. The van der Waals surface area contributed by atoms with E-state index in [9.17, 15) is 17.6 Å². The average Bonchev–Trinajstić information content (AvgIpc) is 3.13. The van der Waals surface area contributed by atoms with Gasteiger partial charge in [0.25, 0.3) is 0 Å². The van der Waals surface area contributed by atoms with Crippen molar-refractivity contribution in [2.45, 2.75) is 57.4 Å². The molecule has 1 aliphatic carbocycles. The van der Waals surface area contributed by atoms with Crippen LogP contribution in [0.25, 0.3) is 0 Å². The van der Waals surface area contributed by atoms with E-state index in [-0.39, 0.29) is 42.2 Å². The highest BCUT2D eigenvalue weighted by atomic mass is 127. The minimum absolute atomic E-state index is 0. The number of nitrogens with one attached hydrogen (secondary N) is 3. The average molecular weight is 554 g/mol. The van der Waals surface area contributed by atoms with Crippen molar-refractivity contribution >= 4 is 45.7 Å². The number of sulfone groups is 1. The standard InChI is InChI=1S/C20H31FN4O3S.HI/c1-3-22-20(23-11-10-19(26)25-18-6-4-5-7-18)24-13-16-12-17(21)9-8-15(16)14-29(2,27)28;/h8-9,12,18H,3-7,10-11,13-14H2,1-2H3,(H,25,26)(H2,22,23,24);1H. The van der Waals surface area contributed by atoms with Crippen molar-refractivity contribution in [1.29, 1.82) is 0 Å². The highest BCUT2D eigenvalue weighted by Crippen LogP contribution is 2.17. The smallest absolute Gasteiger partial charge is 0.221 e. The Morgan fingerprint density at radius 1 is 1.20 bits per heavy atom. The largest absolute Gasteiger partial charge is 0.357 e. The molecule has 1 saturated carbocycles. The monoisotopic (exact) mass is 554 g/mol. The van der Waals surface area contributed by atoms with Crippen molar-refractivity contribution in [2.24, 2.45) is 4.99 Å². The maximum absolute atomic E-state index is 13.6. The molecule has 170 valence electrons. The Balaban J connectivity index is 0.00000450. The van der Waals surface area contributed by atoms with Crippen LogP contribution in [0.15, 0.2) is 23.2 Å². The number of hydrogen-bond acceptors (Lipinski definition) is 4. The molecule has 0 atom stereocenters. The SMILES string of the molecule is CCNC(=NCc1cc(F)ccc1CS(C)(=O)=O)NCCC(=O)NC1CCCC1.I. The minimum Gasteiger partial charge on any atom is -0.357 e. The van der Waals surface area contributed by atoms with E-state index in [0.717, 1.165) is 19.1 Å². The number of amides is 1. The fourth-order valence-electron chi connectivity index (χ4n) is 3.34. The highest BCUT2D eigenvalue weighted by molar-refractivity contribution is 14.0. The van der Waals surface area contributed by atoms with Crippen LogP contribution in [0.3, 0.4) is 0 Å². The van der Waals surface area contributed by atoms with E-state index in [0.29, 0.717) is 42.6 Å². The van der Waals surface area contributed by atoms with E-state index in [1.165, 1.54) is 31.0 Å². The lowest BCUT2D eigenvalue weighted by Gasteiger charge is -2.14. The lowest BCUT2D eigenvalue weighted by molar-refractivity contribution is -0.121. The normalized spacial score (nSPS) is 14.8. The van der Waals surface area contributed by atoms with E-state index in [1.807, 2.05) is 6.92 Å². The molecule has 30 heavy (non-hydrogen) atoms. The second-order valence-corrected chi connectivity index (χ2v) is 9.54. The van der Waals surface area contributed by atoms with Crippen LogP contribution >= 0.6 is 24.0 Å². The summed E-state index contributed by atoms with van der Waals surface area (Å²) < 4.78 is 36.9. The van der Waals surface area contributed by atoms with Crippen LogP contribution in [0, 0.1) is 5.82 Å². The van der Waals surface area contributed by atoms with Crippen LogP contribution < -0.4 is 16.0 Å². The molecule has 1 aromatic carbocycles. The van der Waals surface area contributed by atoms with Crippen molar-refractivity contribution in [3.05, 3.63) is 35.1 Å². The zero-order valence-corrected chi connectivity index (χ0v) is 20.7. The molecule has 1 fully saturated rings. The maximum Gasteiger partial charge on any atom is 0.221 e. The number of benzene rings is 1. The number of hydrogen-bond donors (Lipinski definition) is 3. The molecule has 1 amide bonds. The third-order valence-corrected chi connectivity index (χ3v) is 5.54. The number of rotatable bonds is 9. The highest BCUT2D eigenvalue weighted by Gasteiger charge is 2.16. The van der Waals surface area contributed by atoms with Gasteiger partial charge in [0, 0.05) is 31.8 Å². The fraction of sp³-hybridized carbons (Fsp3) is 0.600. The molecule has 0 radical (unpaired) electrons. The Kier molecular flexibility index (Phi) is 11.6. The summed E-state index contributed by atoms with van der Waals surface area (Å²) in [6.07, 6.45) is 5.91. The summed E-state index contributed by atoms with van der Waals surface area (Å²) in [5.41, 5.74) is 1.05. The Bertz CT molecular complexity index is 827. The van der Waals surface area contributed by atoms with Crippen molar-refractivity contribution < 1.29 is 17.6 Å². The Hall–Kier alpha value is -1.43. The molecule has 2 rings (SSSR count). The van der Waals surface area contributed by atoms with E-state index in [1.54, 1.807) is 0 Å². The molecule has 0 heterocycles. The van der Waals surface area contributed by atoms with Gasteiger partial charge in [-0.1, -0.05) is 18.9 Å². The summed E-state index contributed by atoms with van der Waals surface area (Å²) in [6, 6.07) is 4.34. The topological polar surface area (TPSA) is 99.7 Å². The molecular weight excluding hydrogens is 522 g/mol. The van der Waals surface area contributed by atoms with Gasteiger partial charge in [-0.25, -0.2) is 17.8 Å². The molecule has 0 unspecified atom stereocenters. The zero-order chi connectivity index (χ0) is 21.3. The lowest BCUT2D eigenvalue weighted by Crippen LogP contribution is -2.40. The number of halogens is 2. The molecule has 7 nitrogen and oxygen atoms in total. The third-order valence-electron chi connectivity index (χ3n) is 4.70. The first-order valence-electron chi connectivity index (χ1n) is 10.0. The van der Waals surface area contributed by atoms with Crippen LogP contribution in [0.5, 0.6) is 0 Å². The van der Waals surface area contributed by atoms with Crippen LogP contribution in [0.4, 0.5) is 4.39 Å². The van der Waals surface area contributed by atoms with Gasteiger partial charge in [0.05, 0.1) is 12.3 Å². The number of guanidine groups is 1. The Labute approximate surface area is 195 Å². The van der Waals surface area contributed by atoms with Crippen molar-refractivity contribution in [2.75, 3.05) is 19.3 Å². The van der Waals surface area contributed by atoms with Gasteiger partial charge in [-0.3, -0.25) is 4.79 Å². The predicted molar refractivity (Wildman–Crippen MR) is 128 cm³/mol. The quantitative estimate of drug-likeness (QED) is 0.248. The predicted octanol–water partition coefficient (Wildman–Crippen LogP) is 2.49. The molecule has 0 bridgehead atoms. The molecule has 3 N–H and O–H groups in total. The fourth-order valence-corrected chi connectivity index (χ4v) is 4.18. The van der Waals surface area contributed by atoms with Gasteiger partial charge in [0.2, 0.25) is 5.91 Å². The minimum atomic E-state index is -3.24. The summed E-state index contributed by atoms with van der Waals surface area (Å²) in [6.45, 7) is 3.09. The second kappa shape index (κ2) is 13.1. The zero-order valence-electron chi connectivity index (χ0n) is 17.5. The van der Waals surface area contributed by atoms with E-state index < -0.39 is 15.7 Å². The van der Waals surface area contributed by atoms with Gasteiger partial charge >= 0.3 is 0 Å². The van der Waals surface area contributed by atoms with Gasteiger partial charge in [0.1, 0.15) is 5.82 Å². The first-order chi connectivity index (χ1) is 13.8. The van der Waals surface area contributed by atoms with E-state index in [2.05, 4.69) is 20.9 Å². The van der Waals surface area contributed by atoms with E-state index in [4.69, 9.17) is 0 Å². The van der Waals surface area contributed by atoms with Crippen LogP contribution in [0.2, 0.25) is 0 Å². The Morgan fingerprint density at radius 2 is 1.90 bits per heavy atom. The third kappa shape index (κ3) is 10.1. The van der Waals surface area contributed by atoms with Gasteiger partial charge in [-0.15, -0.1) is 24.0 Å². The van der Waals surface area contributed by atoms with Gasteiger partial charge in [0.15, 0.2) is 15.8 Å². The molecule has 0 saturated heterocycles. The number of aliphatic imine (C=N–C) groups is 1. The molecule has 10 heteroatoms. The maximum atomic E-state index is 13.6. The van der Waals surface area contributed by atoms with Crippen molar-refractivity contribution in [1.82, 2.24) is 16.0 Å². The summed E-state index contributed by atoms with van der Waals surface area (Å²) in [5.74, 6) is -0.0887. The van der Waals surface area contributed by atoms with Crippen LogP contribution in [-0.2, 0) is 26.9 Å². The second-order valence-electron chi connectivity index (χ2n) is 7.40. The molecule has 1 aromatic rings. The first kappa shape index (κ1) is 26.6. The molecule has 0 aromatic heterocycles. The summed E-state index contributed by atoms with van der Waals surface area (Å²) in [7, 11) is -3.24. The van der Waals surface area contributed by atoms with Crippen LogP contribution in [-0.4, -0.2) is 45.7 Å². The van der Waals surface area contributed by atoms with Crippen molar-refractivity contribution in [3.63, 3.8) is 0 Å². The number of nitrogens with zero attached hydrogens (tertiary/aromatic N) is 1. The first-order valence-corrected chi connectivity index (χ1v) is 12.1. The van der Waals surface area contributed by atoms with Gasteiger partial charge in [-0.2, -0.15) is 0 Å². The van der Waals surface area contributed by atoms with E-state index >= 15 is 0 Å². The molecular formula is C20H32FIN4O3S. The van der Waals surface area contributed by atoms with Gasteiger partial charge in [-0.05, 0) is 43.0 Å². The number of carbonyl (C=O) groups is 1. The summed E-state index contributed by atoms with van der Waals surface area (Å²) in [5, 5.41) is 9.21.